The highest BCUT2D eigenvalue weighted by molar-refractivity contribution is 5.76. The van der Waals surface area contributed by atoms with E-state index in [1.807, 2.05) is 6.92 Å². The fourth-order valence-electron chi connectivity index (χ4n) is 2.45. The molecule has 0 amide bonds. The highest BCUT2D eigenvalue weighted by Crippen LogP contribution is 2.35. The van der Waals surface area contributed by atoms with Crippen molar-refractivity contribution in [1.29, 1.82) is 5.26 Å². The monoisotopic (exact) mass is 332 g/mol. The number of halogens is 2. The first-order chi connectivity index (χ1) is 11.5. The molecule has 0 fully saturated rings. The molecule has 0 unspecified atom stereocenters. The van der Waals surface area contributed by atoms with E-state index in [0.717, 1.165) is 31.4 Å². The number of H-pyrrole nitrogens is 1. The van der Waals surface area contributed by atoms with Crippen LogP contribution in [0.25, 0.3) is 11.1 Å². The van der Waals surface area contributed by atoms with Crippen molar-refractivity contribution in [3.8, 4) is 22.9 Å². The molecular formula is C18H18F2N2O2. The van der Waals surface area contributed by atoms with Crippen LogP contribution in [-0.2, 0) is 0 Å². The zero-order valence-corrected chi connectivity index (χ0v) is 13.6. The summed E-state index contributed by atoms with van der Waals surface area (Å²) < 4.78 is 33.4. The largest absolute Gasteiger partial charge is 0.490 e. The second-order valence-electron chi connectivity index (χ2n) is 5.50. The Balaban J connectivity index is 2.58. The smallest absolute Gasteiger partial charge is 0.266 e. The minimum absolute atomic E-state index is 0.0646. The van der Waals surface area contributed by atoms with E-state index in [4.69, 9.17) is 4.74 Å². The number of ether oxygens (including phenoxy) is 1. The van der Waals surface area contributed by atoms with E-state index in [1.54, 1.807) is 13.0 Å². The second-order valence-corrected chi connectivity index (χ2v) is 5.50. The average molecular weight is 332 g/mol. The van der Waals surface area contributed by atoms with Gasteiger partial charge in [0.15, 0.2) is 11.6 Å². The van der Waals surface area contributed by atoms with Crippen LogP contribution in [0.4, 0.5) is 8.78 Å². The summed E-state index contributed by atoms with van der Waals surface area (Å²) in [5, 5.41) is 9.23. The lowest BCUT2D eigenvalue weighted by Crippen LogP contribution is -2.13. The van der Waals surface area contributed by atoms with Crippen LogP contribution in [0.5, 0.6) is 5.75 Å². The standard InChI is InChI=1S/C18H18F2N2O2/c1-3-4-5-6-24-17-14(8-12(19)9-16(17)20)13-7-11(2)22-18(23)15(13)10-21/h7-9H,3-6H2,1-2H3,(H,22,23). The summed E-state index contributed by atoms with van der Waals surface area (Å²) in [4.78, 5) is 14.4. The molecule has 0 spiro atoms. The minimum atomic E-state index is -0.858. The Bertz CT molecular complexity index is 838. The van der Waals surface area contributed by atoms with Gasteiger partial charge in [-0.15, -0.1) is 0 Å². The number of aromatic nitrogens is 1. The number of aryl methyl sites for hydroxylation is 1. The van der Waals surface area contributed by atoms with E-state index in [2.05, 4.69) is 4.98 Å². The molecular weight excluding hydrogens is 314 g/mol. The second kappa shape index (κ2) is 7.73. The molecule has 4 nitrogen and oxygen atoms in total. The SMILES string of the molecule is CCCCCOc1c(F)cc(F)cc1-c1cc(C)[nH]c(=O)c1C#N. The van der Waals surface area contributed by atoms with Gasteiger partial charge in [0.25, 0.3) is 5.56 Å². The molecule has 1 heterocycles. The van der Waals surface area contributed by atoms with Crippen molar-refractivity contribution >= 4 is 0 Å². The van der Waals surface area contributed by atoms with Crippen molar-refractivity contribution < 1.29 is 13.5 Å². The summed E-state index contributed by atoms with van der Waals surface area (Å²) in [5.74, 6) is -1.80. The molecule has 0 saturated carbocycles. The van der Waals surface area contributed by atoms with Gasteiger partial charge in [-0.25, -0.2) is 8.78 Å². The van der Waals surface area contributed by atoms with Crippen molar-refractivity contribution in [3.05, 3.63) is 51.4 Å². The molecule has 2 aromatic rings. The van der Waals surface area contributed by atoms with Gasteiger partial charge in [-0.3, -0.25) is 4.79 Å². The molecule has 126 valence electrons. The van der Waals surface area contributed by atoms with Crippen LogP contribution in [0.2, 0.25) is 0 Å². The molecule has 0 aliphatic carbocycles. The predicted octanol–water partition coefficient (Wildman–Crippen LogP) is 4.07. The summed E-state index contributed by atoms with van der Waals surface area (Å²) in [6, 6.07) is 5.10. The maximum atomic E-state index is 14.2. The number of pyridine rings is 1. The number of nitriles is 1. The molecule has 0 aliphatic rings. The average Bonchev–Trinajstić information content (AvgIpc) is 2.52. The first-order valence-corrected chi connectivity index (χ1v) is 7.74. The number of unbranched alkanes of at least 4 members (excludes halogenated alkanes) is 2. The van der Waals surface area contributed by atoms with E-state index in [0.29, 0.717) is 5.69 Å². The summed E-state index contributed by atoms with van der Waals surface area (Å²) in [5.41, 5.74) is -0.105. The van der Waals surface area contributed by atoms with Crippen molar-refractivity contribution in [2.45, 2.75) is 33.1 Å². The van der Waals surface area contributed by atoms with E-state index >= 15 is 0 Å². The van der Waals surface area contributed by atoms with Gasteiger partial charge in [0.05, 0.1) is 6.61 Å². The highest BCUT2D eigenvalue weighted by atomic mass is 19.1. The van der Waals surface area contributed by atoms with Gasteiger partial charge >= 0.3 is 0 Å². The van der Waals surface area contributed by atoms with Crippen LogP contribution in [0.1, 0.15) is 37.4 Å². The summed E-state index contributed by atoms with van der Waals surface area (Å²) in [6.07, 6.45) is 2.63. The third-order valence-corrected chi connectivity index (χ3v) is 3.57. The molecule has 2 rings (SSSR count). The number of aromatic amines is 1. The lowest BCUT2D eigenvalue weighted by Gasteiger charge is -2.14. The fraction of sp³-hybridized carbons (Fsp3) is 0.333. The molecule has 1 N–H and O–H groups in total. The lowest BCUT2D eigenvalue weighted by molar-refractivity contribution is 0.292. The molecule has 0 radical (unpaired) electrons. The predicted molar refractivity (Wildman–Crippen MR) is 86.9 cm³/mol. The van der Waals surface area contributed by atoms with Gasteiger partial charge in [0.2, 0.25) is 0 Å². The van der Waals surface area contributed by atoms with Gasteiger partial charge in [-0.2, -0.15) is 5.26 Å². The van der Waals surface area contributed by atoms with Crippen LogP contribution in [0.15, 0.2) is 23.0 Å². The van der Waals surface area contributed by atoms with Crippen molar-refractivity contribution in [1.82, 2.24) is 4.98 Å². The number of hydrogen-bond donors (Lipinski definition) is 1. The fourth-order valence-corrected chi connectivity index (χ4v) is 2.45. The molecule has 1 aromatic heterocycles. The molecule has 24 heavy (non-hydrogen) atoms. The number of benzene rings is 1. The zero-order valence-electron chi connectivity index (χ0n) is 13.6. The number of rotatable bonds is 6. The molecule has 0 bridgehead atoms. The molecule has 6 heteroatoms. The minimum Gasteiger partial charge on any atom is -0.490 e. The van der Waals surface area contributed by atoms with Crippen LogP contribution in [0.3, 0.4) is 0 Å². The summed E-state index contributed by atoms with van der Waals surface area (Å²) >= 11 is 0. The number of hydrogen-bond acceptors (Lipinski definition) is 3. The van der Waals surface area contributed by atoms with Crippen LogP contribution >= 0.6 is 0 Å². The van der Waals surface area contributed by atoms with E-state index in [-0.39, 0.29) is 29.0 Å². The maximum Gasteiger partial charge on any atom is 0.266 e. The third kappa shape index (κ3) is 3.80. The van der Waals surface area contributed by atoms with Gasteiger partial charge in [0.1, 0.15) is 17.4 Å². The number of nitrogens with zero attached hydrogens (tertiary/aromatic N) is 1. The van der Waals surface area contributed by atoms with Gasteiger partial charge in [0, 0.05) is 22.9 Å². The Kier molecular flexibility index (Phi) is 5.69. The van der Waals surface area contributed by atoms with Crippen LogP contribution < -0.4 is 10.3 Å². The molecule has 1 aromatic carbocycles. The number of nitrogens with one attached hydrogen (secondary N) is 1. The summed E-state index contributed by atoms with van der Waals surface area (Å²) in [7, 11) is 0. The summed E-state index contributed by atoms with van der Waals surface area (Å²) in [6.45, 7) is 3.93. The lowest BCUT2D eigenvalue weighted by atomic mass is 9.99. The topological polar surface area (TPSA) is 65.9 Å². The van der Waals surface area contributed by atoms with Crippen molar-refractivity contribution in [2.75, 3.05) is 6.61 Å². The van der Waals surface area contributed by atoms with Gasteiger partial charge in [-0.05, 0) is 25.5 Å². The Labute approximate surface area is 138 Å². The Morgan fingerprint density at radius 2 is 1.96 bits per heavy atom. The Morgan fingerprint density at radius 1 is 1.21 bits per heavy atom. The normalized spacial score (nSPS) is 10.5. The first-order valence-electron chi connectivity index (χ1n) is 7.74. The van der Waals surface area contributed by atoms with E-state index in [9.17, 15) is 18.8 Å². The van der Waals surface area contributed by atoms with Crippen molar-refractivity contribution in [3.63, 3.8) is 0 Å². The van der Waals surface area contributed by atoms with Crippen molar-refractivity contribution in [2.24, 2.45) is 0 Å². The highest BCUT2D eigenvalue weighted by Gasteiger charge is 2.19. The first kappa shape index (κ1) is 17.7. The third-order valence-electron chi connectivity index (χ3n) is 3.57. The van der Waals surface area contributed by atoms with E-state index in [1.165, 1.54) is 6.07 Å². The molecule has 0 saturated heterocycles. The van der Waals surface area contributed by atoms with Gasteiger partial charge < -0.3 is 9.72 Å². The van der Waals surface area contributed by atoms with Crippen LogP contribution in [-0.4, -0.2) is 11.6 Å². The van der Waals surface area contributed by atoms with E-state index < -0.39 is 17.2 Å². The Hall–Kier alpha value is -2.68. The zero-order chi connectivity index (χ0) is 17.7. The maximum absolute atomic E-state index is 14.2. The molecule has 0 atom stereocenters. The van der Waals surface area contributed by atoms with Crippen LogP contribution in [0, 0.1) is 29.9 Å². The Morgan fingerprint density at radius 3 is 2.62 bits per heavy atom. The van der Waals surface area contributed by atoms with Gasteiger partial charge in [-0.1, -0.05) is 19.8 Å². The molecule has 0 aliphatic heterocycles. The quantitative estimate of drug-likeness (QED) is 0.811.